The Morgan fingerprint density at radius 1 is 0.623 bits per heavy atom. The van der Waals surface area contributed by atoms with Crippen LogP contribution < -0.4 is 10.6 Å². The summed E-state index contributed by atoms with van der Waals surface area (Å²) in [5.74, 6) is 0.0863. The quantitative estimate of drug-likeness (QED) is 0.0157. The van der Waals surface area contributed by atoms with E-state index in [-0.39, 0.29) is 24.0 Å². The summed E-state index contributed by atoms with van der Waals surface area (Å²) in [4.78, 5) is 37.8. The number of nitrogens with zero attached hydrogens (tertiary/aromatic N) is 3. The lowest BCUT2D eigenvalue weighted by atomic mass is 10.0. The summed E-state index contributed by atoms with van der Waals surface area (Å²) < 4.78 is 11.3. The maximum atomic E-state index is 12.8. The molecule has 0 aliphatic heterocycles. The molecule has 0 radical (unpaired) electrons. The van der Waals surface area contributed by atoms with Gasteiger partial charge in [0.25, 0.3) is 5.96 Å². The Labute approximate surface area is 325 Å². The molecule has 0 bridgehead atoms. The molecule has 0 saturated carbocycles. The Bertz CT molecular complexity index is 874. The van der Waals surface area contributed by atoms with Crippen molar-refractivity contribution >= 4 is 17.9 Å². The van der Waals surface area contributed by atoms with E-state index in [0.29, 0.717) is 26.0 Å². The van der Waals surface area contributed by atoms with Crippen LogP contribution in [0.1, 0.15) is 207 Å². The van der Waals surface area contributed by atoms with Gasteiger partial charge in [0.05, 0.1) is 6.61 Å². The first-order valence-electron chi connectivity index (χ1n) is 22.1. The average molecular weight is 754 g/mol. The number of carbonyl (C=O) groups is 2. The van der Waals surface area contributed by atoms with Crippen LogP contribution in [-0.2, 0) is 19.1 Å². The molecule has 0 heterocycles. The fourth-order valence-corrected chi connectivity index (χ4v) is 6.58. The van der Waals surface area contributed by atoms with E-state index in [9.17, 15) is 19.7 Å². The van der Waals surface area contributed by atoms with Gasteiger partial charge in [-0.15, -0.1) is 0 Å². The smallest absolute Gasteiger partial charge is 0.306 e. The summed E-state index contributed by atoms with van der Waals surface area (Å²) in [6.07, 6.45) is 31.8. The Morgan fingerprint density at radius 2 is 1.08 bits per heavy atom. The summed E-state index contributed by atoms with van der Waals surface area (Å²) in [5, 5.41) is 19.1. The summed E-state index contributed by atoms with van der Waals surface area (Å²) in [6.45, 7) is 10.7. The van der Waals surface area contributed by atoms with Crippen LogP contribution in [0, 0.1) is 10.1 Å². The first-order valence-corrected chi connectivity index (χ1v) is 22.1. The van der Waals surface area contributed by atoms with E-state index in [2.05, 4.69) is 41.4 Å². The maximum absolute atomic E-state index is 12.8. The Balaban J connectivity index is 4.51. The molecule has 0 spiro atoms. The van der Waals surface area contributed by atoms with Gasteiger partial charge in [-0.1, -0.05) is 130 Å². The SMILES string of the molecule is CCCCCCCCC(CCCCCCCC)OC(=O)CCCCCCCN(CCCCCCCC(=O)OCCCC)CCCN/C(=N/[N+](=O)[O-])NC. The molecule has 0 fully saturated rings. The molecule has 0 atom stereocenters. The molecule has 0 rings (SSSR count). The molecule has 0 aromatic heterocycles. The lowest BCUT2D eigenvalue weighted by molar-refractivity contribution is -0.485. The van der Waals surface area contributed by atoms with Gasteiger partial charge in [-0.05, 0) is 83.8 Å². The van der Waals surface area contributed by atoms with Crippen LogP contribution >= 0.6 is 0 Å². The van der Waals surface area contributed by atoms with Crippen molar-refractivity contribution in [1.82, 2.24) is 15.5 Å². The van der Waals surface area contributed by atoms with Crippen molar-refractivity contribution in [3.8, 4) is 0 Å². The first-order chi connectivity index (χ1) is 25.9. The average Bonchev–Trinajstić information content (AvgIpc) is 3.14. The van der Waals surface area contributed by atoms with Crippen molar-refractivity contribution in [2.45, 2.75) is 213 Å². The minimum absolute atomic E-state index is 0.0108. The number of rotatable bonds is 39. The number of unbranched alkanes of at least 4 members (excludes halogenated alkanes) is 19. The molecule has 0 unspecified atom stereocenters. The van der Waals surface area contributed by atoms with E-state index in [1.807, 2.05) is 0 Å². The molecule has 0 saturated heterocycles. The zero-order chi connectivity index (χ0) is 39.0. The van der Waals surface area contributed by atoms with Crippen LogP contribution in [0.3, 0.4) is 0 Å². The van der Waals surface area contributed by atoms with Gasteiger partial charge in [-0.2, -0.15) is 0 Å². The number of nitrogens with one attached hydrogen (secondary N) is 2. The van der Waals surface area contributed by atoms with E-state index < -0.39 is 5.03 Å². The Kier molecular flexibility index (Phi) is 37.5. The highest BCUT2D eigenvalue weighted by Crippen LogP contribution is 2.18. The van der Waals surface area contributed by atoms with Crippen molar-refractivity contribution in [1.29, 1.82) is 0 Å². The summed E-state index contributed by atoms with van der Waals surface area (Å²) in [5.41, 5.74) is 0. The number of guanidine groups is 1. The number of ether oxygens (including phenoxy) is 2. The maximum Gasteiger partial charge on any atom is 0.306 e. The van der Waals surface area contributed by atoms with E-state index in [1.54, 1.807) is 7.05 Å². The van der Waals surface area contributed by atoms with Gasteiger partial charge >= 0.3 is 11.9 Å². The molecule has 11 heteroatoms. The van der Waals surface area contributed by atoms with Crippen LogP contribution in [-0.4, -0.2) is 73.8 Å². The second-order valence-electron chi connectivity index (χ2n) is 14.9. The van der Waals surface area contributed by atoms with Crippen molar-refractivity contribution in [2.24, 2.45) is 5.10 Å². The molecule has 0 amide bonds. The lowest BCUT2D eigenvalue weighted by Crippen LogP contribution is -2.37. The number of esters is 2. The van der Waals surface area contributed by atoms with Crippen molar-refractivity contribution in [2.75, 3.05) is 39.8 Å². The summed E-state index contributed by atoms with van der Waals surface area (Å²) in [6, 6.07) is 0. The minimum Gasteiger partial charge on any atom is -0.466 e. The number of hydrogen-bond donors (Lipinski definition) is 2. The molecule has 0 aliphatic rings. The van der Waals surface area contributed by atoms with E-state index in [0.717, 1.165) is 129 Å². The van der Waals surface area contributed by atoms with Crippen LogP contribution in [0.4, 0.5) is 0 Å². The van der Waals surface area contributed by atoms with Gasteiger partial charge in [0.2, 0.25) is 0 Å². The third-order valence-corrected chi connectivity index (χ3v) is 9.89. The van der Waals surface area contributed by atoms with Gasteiger partial charge in [-0.25, -0.2) is 10.1 Å². The highest BCUT2D eigenvalue weighted by atomic mass is 16.7. The lowest BCUT2D eigenvalue weighted by Gasteiger charge is -2.22. The zero-order valence-electron chi connectivity index (χ0n) is 34.9. The van der Waals surface area contributed by atoms with Crippen molar-refractivity contribution in [3.63, 3.8) is 0 Å². The topological polar surface area (TPSA) is 135 Å². The monoisotopic (exact) mass is 754 g/mol. The molecule has 0 aromatic carbocycles. The molecular formula is C42H83N5O6. The second kappa shape index (κ2) is 39.3. The molecule has 11 nitrogen and oxygen atoms in total. The predicted octanol–water partition coefficient (Wildman–Crippen LogP) is 10.5. The van der Waals surface area contributed by atoms with Gasteiger partial charge in [0, 0.05) is 26.4 Å². The minimum atomic E-state index is -0.700. The number of carbonyl (C=O) groups excluding carboxylic acids is 2. The Hall–Kier alpha value is -2.43. The number of hydrogen-bond acceptors (Lipinski definition) is 7. The molecule has 312 valence electrons. The third-order valence-electron chi connectivity index (χ3n) is 9.89. The van der Waals surface area contributed by atoms with E-state index in [1.165, 1.54) is 64.2 Å². The number of nitro groups is 1. The van der Waals surface area contributed by atoms with Gasteiger partial charge in [0.1, 0.15) is 11.2 Å². The second-order valence-corrected chi connectivity index (χ2v) is 14.9. The van der Waals surface area contributed by atoms with Crippen molar-refractivity contribution in [3.05, 3.63) is 10.1 Å². The predicted molar refractivity (Wildman–Crippen MR) is 220 cm³/mol. The fraction of sp³-hybridized carbons (Fsp3) is 0.929. The van der Waals surface area contributed by atoms with E-state index >= 15 is 0 Å². The van der Waals surface area contributed by atoms with Gasteiger partial charge in [-0.3, -0.25) is 9.59 Å². The van der Waals surface area contributed by atoms with E-state index in [4.69, 9.17) is 9.47 Å². The van der Waals surface area contributed by atoms with Gasteiger partial charge in [0.15, 0.2) is 5.03 Å². The van der Waals surface area contributed by atoms with Crippen LogP contribution in [0.15, 0.2) is 5.10 Å². The highest BCUT2D eigenvalue weighted by molar-refractivity contribution is 5.78. The summed E-state index contributed by atoms with van der Waals surface area (Å²) >= 11 is 0. The standard InChI is InChI=1S/C42H83N5O6/c1-5-8-11-13-17-23-30-39(31-24-18-14-12-9-6-2)53-41(49)33-26-20-16-22-28-36-46(37-29-34-44-42(43-4)45-47(50)51)35-27-21-15-19-25-32-40(48)52-38-10-7-3/h39H,5-38H2,1-4H3,(H2,43,44,45). The van der Waals surface area contributed by atoms with Crippen LogP contribution in [0.5, 0.6) is 0 Å². The molecule has 53 heavy (non-hydrogen) atoms. The molecular weight excluding hydrogens is 670 g/mol. The van der Waals surface area contributed by atoms with Crippen LogP contribution in [0.2, 0.25) is 0 Å². The van der Waals surface area contributed by atoms with Crippen LogP contribution in [0.25, 0.3) is 0 Å². The molecule has 2 N–H and O–H groups in total. The first kappa shape index (κ1) is 50.6. The zero-order valence-corrected chi connectivity index (χ0v) is 34.9. The van der Waals surface area contributed by atoms with Crippen molar-refractivity contribution < 1.29 is 24.1 Å². The highest BCUT2D eigenvalue weighted by Gasteiger charge is 2.14. The Morgan fingerprint density at radius 3 is 1.58 bits per heavy atom. The summed E-state index contributed by atoms with van der Waals surface area (Å²) in [7, 11) is 1.62. The molecule has 0 aromatic rings. The number of hydrazone groups is 1. The fourth-order valence-electron chi connectivity index (χ4n) is 6.58. The largest absolute Gasteiger partial charge is 0.466 e. The normalized spacial score (nSPS) is 11.7. The van der Waals surface area contributed by atoms with Gasteiger partial charge < -0.3 is 25.0 Å². The molecule has 0 aliphatic carbocycles. The third kappa shape index (κ3) is 36.3.